The Morgan fingerprint density at radius 1 is 1.00 bits per heavy atom. The Labute approximate surface area is 189 Å². The molecule has 32 heavy (non-hydrogen) atoms. The summed E-state index contributed by atoms with van der Waals surface area (Å²) in [4.78, 5) is 20.1. The van der Waals surface area contributed by atoms with Crippen LogP contribution in [0.1, 0.15) is 22.6 Å². The van der Waals surface area contributed by atoms with E-state index in [4.69, 9.17) is 4.42 Å². The van der Waals surface area contributed by atoms with Crippen LogP contribution < -0.4 is 10.2 Å². The van der Waals surface area contributed by atoms with E-state index in [1.165, 1.54) is 16.8 Å². The number of hydrogen-bond donors (Lipinski definition) is 1. The first-order valence-corrected chi connectivity index (χ1v) is 11.3. The Balaban J connectivity index is 1.32. The number of aryl methyl sites for hydroxylation is 1. The van der Waals surface area contributed by atoms with E-state index in [9.17, 15) is 4.79 Å². The fraction of sp³-hybridized carbons (Fsp3) is 0.346. The summed E-state index contributed by atoms with van der Waals surface area (Å²) in [5.74, 6) is 1.63. The minimum absolute atomic E-state index is 0.0455. The highest BCUT2D eigenvalue weighted by atomic mass is 16.3. The molecule has 5 rings (SSSR count). The molecule has 1 aromatic heterocycles. The number of fused-ring (bicyclic) bond motifs is 3. The van der Waals surface area contributed by atoms with Gasteiger partial charge in [-0.15, -0.1) is 0 Å². The fourth-order valence-electron chi connectivity index (χ4n) is 4.84. The highest BCUT2D eigenvalue weighted by Crippen LogP contribution is 2.30. The highest BCUT2D eigenvalue weighted by Gasteiger charge is 2.34. The van der Waals surface area contributed by atoms with E-state index in [1.54, 1.807) is 0 Å². The van der Waals surface area contributed by atoms with E-state index >= 15 is 0 Å². The van der Waals surface area contributed by atoms with Gasteiger partial charge in [0.15, 0.2) is 0 Å². The second-order valence-corrected chi connectivity index (χ2v) is 8.75. The van der Waals surface area contributed by atoms with Crippen molar-refractivity contribution in [3.8, 4) is 0 Å². The summed E-state index contributed by atoms with van der Waals surface area (Å²) < 4.78 is 5.61. The molecule has 0 saturated carbocycles. The molecule has 6 heteroatoms. The maximum Gasteiger partial charge on any atom is 0.318 e. The Morgan fingerprint density at radius 2 is 1.81 bits per heavy atom. The predicted octanol–water partition coefficient (Wildman–Crippen LogP) is 4.00. The van der Waals surface area contributed by atoms with Gasteiger partial charge in [0, 0.05) is 45.0 Å². The molecule has 1 N–H and O–H groups in total. The molecule has 6 nitrogen and oxygen atoms in total. The zero-order valence-electron chi connectivity index (χ0n) is 18.5. The van der Waals surface area contributed by atoms with Crippen molar-refractivity contribution in [2.75, 3.05) is 31.1 Å². The molecule has 0 spiro atoms. The van der Waals surface area contributed by atoms with Crippen LogP contribution in [0.4, 0.5) is 10.5 Å². The standard InChI is InChI=1S/C26H30N4O2/c1-20-11-12-24(32-20)15-27-26(31)29-17-22-9-5-6-10-25(22)30-14-13-28(18-23(30)19-29)16-21-7-3-2-4-8-21/h2-12,23H,13-19H2,1H3,(H,27,31). The number of hydrogen-bond acceptors (Lipinski definition) is 4. The van der Waals surface area contributed by atoms with Crippen LogP contribution >= 0.6 is 0 Å². The Bertz CT molecular complexity index is 1060. The van der Waals surface area contributed by atoms with Gasteiger partial charge in [-0.3, -0.25) is 4.90 Å². The summed E-state index contributed by atoms with van der Waals surface area (Å²) in [5.41, 5.74) is 3.79. The van der Waals surface area contributed by atoms with Crippen LogP contribution in [0.15, 0.2) is 71.1 Å². The van der Waals surface area contributed by atoms with Gasteiger partial charge in [0.25, 0.3) is 0 Å². The Kier molecular flexibility index (Phi) is 5.86. The van der Waals surface area contributed by atoms with Gasteiger partial charge in [0.2, 0.25) is 0 Å². The van der Waals surface area contributed by atoms with E-state index in [0.717, 1.165) is 37.7 Å². The van der Waals surface area contributed by atoms with Crippen molar-refractivity contribution in [3.63, 3.8) is 0 Å². The number of amides is 2. The van der Waals surface area contributed by atoms with Crippen molar-refractivity contribution < 1.29 is 9.21 Å². The van der Waals surface area contributed by atoms with Crippen molar-refractivity contribution in [2.24, 2.45) is 0 Å². The average molecular weight is 431 g/mol. The molecule has 3 heterocycles. The normalized spacial score (nSPS) is 18.6. The summed E-state index contributed by atoms with van der Waals surface area (Å²) in [5, 5.41) is 3.05. The lowest BCUT2D eigenvalue weighted by atomic mass is 10.1. The summed E-state index contributed by atoms with van der Waals surface area (Å²) >= 11 is 0. The molecule has 1 atom stereocenters. The number of para-hydroxylation sites is 1. The van der Waals surface area contributed by atoms with Gasteiger partial charge in [-0.1, -0.05) is 48.5 Å². The number of carbonyl (C=O) groups is 1. The quantitative estimate of drug-likeness (QED) is 0.680. The Morgan fingerprint density at radius 3 is 2.62 bits per heavy atom. The molecule has 1 unspecified atom stereocenters. The van der Waals surface area contributed by atoms with E-state index in [0.29, 0.717) is 19.6 Å². The van der Waals surface area contributed by atoms with Crippen molar-refractivity contribution in [3.05, 3.63) is 89.4 Å². The highest BCUT2D eigenvalue weighted by molar-refractivity contribution is 5.75. The minimum atomic E-state index is -0.0455. The van der Waals surface area contributed by atoms with E-state index in [-0.39, 0.29) is 12.1 Å². The van der Waals surface area contributed by atoms with Crippen molar-refractivity contribution in [1.29, 1.82) is 0 Å². The number of piperazine rings is 1. The largest absolute Gasteiger partial charge is 0.465 e. The minimum Gasteiger partial charge on any atom is -0.465 e. The number of rotatable bonds is 4. The van der Waals surface area contributed by atoms with Crippen LogP contribution in [0.25, 0.3) is 0 Å². The molecule has 166 valence electrons. The van der Waals surface area contributed by atoms with E-state index < -0.39 is 0 Å². The smallest absolute Gasteiger partial charge is 0.318 e. The number of urea groups is 1. The topological polar surface area (TPSA) is 52.0 Å². The van der Waals surface area contributed by atoms with Crippen LogP contribution in [0.3, 0.4) is 0 Å². The maximum atomic E-state index is 13.1. The van der Waals surface area contributed by atoms with Gasteiger partial charge in [0.1, 0.15) is 11.5 Å². The van der Waals surface area contributed by atoms with Gasteiger partial charge < -0.3 is 19.5 Å². The number of anilines is 1. The first kappa shape index (κ1) is 20.6. The van der Waals surface area contributed by atoms with Gasteiger partial charge in [-0.05, 0) is 36.2 Å². The summed E-state index contributed by atoms with van der Waals surface area (Å²) in [6, 6.07) is 23.2. The van der Waals surface area contributed by atoms with Crippen LogP contribution in [0.2, 0.25) is 0 Å². The Hall–Kier alpha value is -3.25. The molecule has 2 amide bonds. The molecule has 3 aromatic rings. The predicted molar refractivity (Wildman–Crippen MR) is 125 cm³/mol. The van der Waals surface area contributed by atoms with E-state index in [2.05, 4.69) is 69.7 Å². The lowest BCUT2D eigenvalue weighted by Crippen LogP contribution is -2.57. The molecule has 1 fully saturated rings. The number of nitrogens with one attached hydrogen (secondary N) is 1. The second-order valence-electron chi connectivity index (χ2n) is 8.75. The molecular weight excluding hydrogens is 400 g/mol. The molecule has 0 radical (unpaired) electrons. The first-order chi connectivity index (χ1) is 15.7. The lowest BCUT2D eigenvalue weighted by molar-refractivity contribution is 0.168. The zero-order chi connectivity index (χ0) is 21.9. The average Bonchev–Trinajstić information content (AvgIpc) is 3.15. The molecular formula is C26H30N4O2. The number of furan rings is 1. The van der Waals surface area contributed by atoms with Crippen LogP contribution in [0, 0.1) is 6.92 Å². The van der Waals surface area contributed by atoms with Crippen LogP contribution in [0.5, 0.6) is 0 Å². The van der Waals surface area contributed by atoms with Gasteiger partial charge in [-0.2, -0.15) is 0 Å². The third-order valence-corrected chi connectivity index (χ3v) is 6.41. The van der Waals surface area contributed by atoms with Crippen molar-refractivity contribution >= 4 is 11.7 Å². The third kappa shape index (κ3) is 4.50. The molecule has 2 aliphatic heterocycles. The molecule has 0 aliphatic carbocycles. The second kappa shape index (κ2) is 9.09. The zero-order valence-corrected chi connectivity index (χ0v) is 18.5. The summed E-state index contributed by atoms with van der Waals surface area (Å²) in [6.45, 7) is 7.49. The SMILES string of the molecule is Cc1ccc(CNC(=O)N2Cc3ccccc3N3CCN(Cc4ccccc4)CC3C2)o1. The van der Waals surface area contributed by atoms with Crippen molar-refractivity contribution in [1.82, 2.24) is 15.1 Å². The molecule has 2 aromatic carbocycles. The first-order valence-electron chi connectivity index (χ1n) is 11.3. The molecule has 2 aliphatic rings. The monoisotopic (exact) mass is 430 g/mol. The van der Waals surface area contributed by atoms with E-state index in [1.807, 2.05) is 24.0 Å². The summed E-state index contributed by atoms with van der Waals surface area (Å²) in [7, 11) is 0. The van der Waals surface area contributed by atoms with Gasteiger partial charge in [-0.25, -0.2) is 4.79 Å². The number of nitrogens with zero attached hydrogens (tertiary/aromatic N) is 3. The lowest BCUT2D eigenvalue weighted by Gasteiger charge is -2.43. The third-order valence-electron chi connectivity index (χ3n) is 6.41. The van der Waals surface area contributed by atoms with Crippen LogP contribution in [-0.4, -0.2) is 48.1 Å². The summed E-state index contributed by atoms with van der Waals surface area (Å²) in [6.07, 6.45) is 0. The number of carbonyl (C=O) groups excluding carboxylic acids is 1. The maximum absolute atomic E-state index is 13.1. The molecule has 1 saturated heterocycles. The van der Waals surface area contributed by atoms with Crippen molar-refractivity contribution in [2.45, 2.75) is 32.6 Å². The fourth-order valence-corrected chi connectivity index (χ4v) is 4.84. The van der Waals surface area contributed by atoms with Gasteiger partial charge in [0.05, 0.1) is 12.6 Å². The number of benzene rings is 2. The van der Waals surface area contributed by atoms with Crippen LogP contribution in [-0.2, 0) is 19.6 Å². The van der Waals surface area contributed by atoms with Gasteiger partial charge >= 0.3 is 6.03 Å². The molecule has 0 bridgehead atoms.